The van der Waals surface area contributed by atoms with Crippen molar-refractivity contribution in [3.8, 4) is 22.5 Å². The number of nitrogens with zero attached hydrogens (tertiary/aromatic N) is 3. The van der Waals surface area contributed by atoms with Crippen LogP contribution in [0, 0.1) is 6.92 Å². The molecule has 1 aliphatic rings. The first kappa shape index (κ1) is 23.8. The molecule has 1 fully saturated rings. The molecule has 0 unspecified atom stereocenters. The molecule has 6 rings (SSSR count). The lowest BCUT2D eigenvalue weighted by molar-refractivity contribution is -0.140. The molecule has 8 heteroatoms. The van der Waals surface area contributed by atoms with Crippen LogP contribution in [-0.4, -0.2) is 31.5 Å². The van der Waals surface area contributed by atoms with Gasteiger partial charge in [-0.05, 0) is 42.0 Å². The molecule has 2 heterocycles. The van der Waals surface area contributed by atoms with E-state index < -0.39 is 17.5 Å². The van der Waals surface area contributed by atoms with Crippen molar-refractivity contribution in [1.29, 1.82) is 0 Å². The van der Waals surface area contributed by atoms with Crippen molar-refractivity contribution in [3.63, 3.8) is 0 Å². The number of aliphatic hydroxyl groups excluding tert-OH is 1. The van der Waals surface area contributed by atoms with Gasteiger partial charge in [0.25, 0.3) is 0 Å². The molecular weight excluding hydrogens is 482 g/mol. The quantitative estimate of drug-likeness (QED) is 0.283. The van der Waals surface area contributed by atoms with Gasteiger partial charge in [-0.2, -0.15) is 0 Å². The SMILES string of the molecule is Cc1noc(-c2ccc(-c3ccc(C4(C(=O)O)CC4)cc3)cc2)c1[C@H](O)c1nnc(Cc2ccccc2)o1. The maximum atomic E-state index is 11.6. The summed E-state index contributed by atoms with van der Waals surface area (Å²) in [6.07, 6.45) is 0.637. The average Bonchev–Trinajstić information content (AvgIpc) is 3.49. The maximum Gasteiger partial charge on any atom is 0.314 e. The van der Waals surface area contributed by atoms with Gasteiger partial charge in [0.2, 0.25) is 11.8 Å². The van der Waals surface area contributed by atoms with Crippen molar-refractivity contribution in [2.45, 2.75) is 37.7 Å². The standard InChI is InChI=1S/C30H25N3O5/c1-18-25(26(34)28-32-31-24(37-28)17-19-5-3-2-4-6-19)27(38-33-18)22-9-7-20(8-10-22)21-11-13-23(14-12-21)30(15-16-30)29(35)36/h2-14,26,34H,15-17H2,1H3,(H,35,36)/t26-/m0/s1. The first-order valence-electron chi connectivity index (χ1n) is 12.4. The van der Waals surface area contributed by atoms with Crippen LogP contribution in [0.2, 0.25) is 0 Å². The third-order valence-corrected chi connectivity index (χ3v) is 7.17. The first-order chi connectivity index (χ1) is 18.4. The van der Waals surface area contributed by atoms with Gasteiger partial charge in [-0.25, -0.2) is 0 Å². The Balaban J connectivity index is 1.22. The third-order valence-electron chi connectivity index (χ3n) is 7.17. The van der Waals surface area contributed by atoms with E-state index in [0.717, 1.165) is 27.8 Å². The summed E-state index contributed by atoms with van der Waals surface area (Å²) in [5, 5.41) is 32.9. The summed E-state index contributed by atoms with van der Waals surface area (Å²) in [4.78, 5) is 11.6. The van der Waals surface area contributed by atoms with Crippen LogP contribution in [0.4, 0.5) is 0 Å². The predicted molar refractivity (Wildman–Crippen MR) is 138 cm³/mol. The Morgan fingerprint density at radius 3 is 2.18 bits per heavy atom. The van der Waals surface area contributed by atoms with Crippen molar-refractivity contribution in [1.82, 2.24) is 15.4 Å². The summed E-state index contributed by atoms with van der Waals surface area (Å²) in [7, 11) is 0. The molecular formula is C30H25N3O5. The summed E-state index contributed by atoms with van der Waals surface area (Å²) in [6.45, 7) is 1.76. The number of carboxylic acid groups (broad SMARTS) is 1. The molecule has 0 aliphatic heterocycles. The van der Waals surface area contributed by atoms with Crippen molar-refractivity contribution < 1.29 is 23.9 Å². The van der Waals surface area contributed by atoms with E-state index in [9.17, 15) is 15.0 Å². The van der Waals surface area contributed by atoms with E-state index in [0.29, 0.717) is 42.2 Å². The average molecular weight is 508 g/mol. The van der Waals surface area contributed by atoms with Crippen molar-refractivity contribution >= 4 is 5.97 Å². The topological polar surface area (TPSA) is 122 Å². The minimum absolute atomic E-state index is 0.0787. The molecule has 190 valence electrons. The van der Waals surface area contributed by atoms with Gasteiger partial charge in [0.15, 0.2) is 11.9 Å². The molecule has 0 spiro atoms. The van der Waals surface area contributed by atoms with Crippen molar-refractivity contribution in [2.75, 3.05) is 0 Å². The number of aliphatic hydroxyl groups is 1. The van der Waals surface area contributed by atoms with Crippen LogP contribution in [-0.2, 0) is 16.6 Å². The van der Waals surface area contributed by atoms with Crippen LogP contribution in [0.1, 0.15) is 53.1 Å². The highest BCUT2D eigenvalue weighted by atomic mass is 16.5. The molecule has 0 saturated heterocycles. The van der Waals surface area contributed by atoms with Gasteiger partial charge < -0.3 is 19.2 Å². The van der Waals surface area contributed by atoms with Gasteiger partial charge >= 0.3 is 5.97 Å². The van der Waals surface area contributed by atoms with Crippen LogP contribution in [0.15, 0.2) is 87.8 Å². The molecule has 2 aromatic heterocycles. The van der Waals surface area contributed by atoms with Crippen LogP contribution >= 0.6 is 0 Å². The van der Waals surface area contributed by atoms with E-state index >= 15 is 0 Å². The predicted octanol–water partition coefficient (Wildman–Crippen LogP) is 5.49. The number of carboxylic acids is 1. The van der Waals surface area contributed by atoms with Crippen LogP contribution < -0.4 is 0 Å². The Bertz CT molecular complexity index is 1580. The minimum Gasteiger partial charge on any atom is -0.481 e. The summed E-state index contributed by atoms with van der Waals surface area (Å²) in [5.74, 6) is 0.155. The summed E-state index contributed by atoms with van der Waals surface area (Å²) in [5.41, 5.74) is 4.85. The van der Waals surface area contributed by atoms with E-state index in [1.54, 1.807) is 6.92 Å². The molecule has 8 nitrogen and oxygen atoms in total. The molecule has 3 aromatic carbocycles. The Labute approximate surface area is 218 Å². The van der Waals surface area contributed by atoms with Gasteiger partial charge in [-0.1, -0.05) is 84.0 Å². The number of carbonyl (C=O) groups is 1. The van der Waals surface area contributed by atoms with Crippen LogP contribution in [0.3, 0.4) is 0 Å². The largest absolute Gasteiger partial charge is 0.481 e. The zero-order valence-corrected chi connectivity index (χ0v) is 20.7. The molecule has 1 aliphatic carbocycles. The van der Waals surface area contributed by atoms with E-state index in [4.69, 9.17) is 8.94 Å². The fraction of sp³-hybridized carbons (Fsp3) is 0.200. The van der Waals surface area contributed by atoms with Gasteiger partial charge in [0.05, 0.1) is 23.1 Å². The Kier molecular flexibility index (Phi) is 5.88. The second kappa shape index (κ2) is 9.39. The number of aliphatic carboxylic acids is 1. The molecule has 5 aromatic rings. The van der Waals surface area contributed by atoms with Crippen molar-refractivity contribution in [2.24, 2.45) is 0 Å². The Hall–Kier alpha value is -4.56. The number of aromatic nitrogens is 3. The van der Waals surface area contributed by atoms with Gasteiger partial charge in [0, 0.05) is 5.56 Å². The Morgan fingerprint density at radius 2 is 1.55 bits per heavy atom. The van der Waals surface area contributed by atoms with Gasteiger partial charge in [-0.3, -0.25) is 4.79 Å². The number of aryl methyl sites for hydroxylation is 1. The maximum absolute atomic E-state index is 11.6. The Morgan fingerprint density at radius 1 is 0.921 bits per heavy atom. The highest BCUT2D eigenvalue weighted by Crippen LogP contribution is 2.48. The fourth-order valence-electron chi connectivity index (χ4n) is 4.80. The lowest BCUT2D eigenvalue weighted by atomic mass is 9.93. The second-order valence-electron chi connectivity index (χ2n) is 9.65. The zero-order chi connectivity index (χ0) is 26.3. The molecule has 1 saturated carbocycles. The molecule has 0 bridgehead atoms. The molecule has 1 atom stereocenters. The molecule has 2 N–H and O–H groups in total. The number of hydrogen-bond acceptors (Lipinski definition) is 7. The van der Waals surface area contributed by atoms with Crippen LogP contribution in [0.25, 0.3) is 22.5 Å². The number of rotatable bonds is 8. The second-order valence-corrected chi connectivity index (χ2v) is 9.65. The fourth-order valence-corrected chi connectivity index (χ4v) is 4.80. The number of hydrogen-bond donors (Lipinski definition) is 2. The molecule has 38 heavy (non-hydrogen) atoms. The van der Waals surface area contributed by atoms with Crippen LogP contribution in [0.5, 0.6) is 0 Å². The lowest BCUT2D eigenvalue weighted by Crippen LogP contribution is -2.19. The summed E-state index contributed by atoms with van der Waals surface area (Å²) < 4.78 is 11.4. The molecule has 0 radical (unpaired) electrons. The normalized spacial score (nSPS) is 14.8. The first-order valence-corrected chi connectivity index (χ1v) is 12.4. The molecule has 0 amide bonds. The minimum atomic E-state index is -1.19. The van der Waals surface area contributed by atoms with Gasteiger partial charge in [-0.15, -0.1) is 10.2 Å². The smallest absolute Gasteiger partial charge is 0.314 e. The lowest BCUT2D eigenvalue weighted by Gasteiger charge is -2.11. The van der Waals surface area contributed by atoms with E-state index in [2.05, 4.69) is 15.4 Å². The van der Waals surface area contributed by atoms with E-state index in [1.807, 2.05) is 78.9 Å². The highest BCUT2D eigenvalue weighted by molar-refractivity contribution is 5.85. The number of benzene rings is 3. The zero-order valence-electron chi connectivity index (χ0n) is 20.7. The van der Waals surface area contributed by atoms with E-state index in [-0.39, 0.29) is 5.89 Å². The summed E-state index contributed by atoms with van der Waals surface area (Å²) in [6, 6.07) is 25.2. The van der Waals surface area contributed by atoms with Crippen molar-refractivity contribution in [3.05, 3.63) is 113 Å². The summed E-state index contributed by atoms with van der Waals surface area (Å²) >= 11 is 0. The van der Waals surface area contributed by atoms with E-state index in [1.165, 1.54) is 0 Å². The highest BCUT2D eigenvalue weighted by Gasteiger charge is 2.51. The van der Waals surface area contributed by atoms with Gasteiger partial charge in [0.1, 0.15) is 0 Å². The monoisotopic (exact) mass is 507 g/mol. The third kappa shape index (κ3) is 4.29.